The Morgan fingerprint density at radius 2 is 1.81 bits per heavy atom. The highest BCUT2D eigenvalue weighted by atomic mass is 127. The molecule has 1 amide bonds. The second-order valence-corrected chi connectivity index (χ2v) is 6.79. The second kappa shape index (κ2) is 9.19. The zero-order valence-corrected chi connectivity index (χ0v) is 16.1. The van der Waals surface area contributed by atoms with Gasteiger partial charge in [0.1, 0.15) is 5.75 Å². The molecule has 1 aromatic heterocycles. The first kappa shape index (κ1) is 18.2. The third-order valence-electron chi connectivity index (χ3n) is 3.60. The summed E-state index contributed by atoms with van der Waals surface area (Å²) in [6.07, 6.45) is 3.49. The number of hydrogen-bond donors (Lipinski definition) is 2. The molecule has 2 N–H and O–H groups in total. The number of carbonyl (C=O) groups is 1. The summed E-state index contributed by atoms with van der Waals surface area (Å²) in [5.41, 5.74) is 2.66. The number of rotatable bonds is 7. The van der Waals surface area contributed by atoms with Gasteiger partial charge < -0.3 is 15.4 Å². The van der Waals surface area contributed by atoms with Gasteiger partial charge in [-0.2, -0.15) is 0 Å². The number of carbonyl (C=O) groups excluding carboxylic acids is 1. The number of benzene rings is 2. The van der Waals surface area contributed by atoms with Gasteiger partial charge in [0, 0.05) is 33.8 Å². The van der Waals surface area contributed by atoms with Crippen molar-refractivity contribution in [3.8, 4) is 5.75 Å². The molecule has 0 atom stereocenters. The number of hydrogen-bond acceptors (Lipinski definition) is 4. The molecule has 0 radical (unpaired) electrons. The topological polar surface area (TPSA) is 63.2 Å². The monoisotopic (exact) mass is 459 g/mol. The molecule has 0 spiro atoms. The van der Waals surface area contributed by atoms with E-state index in [9.17, 15) is 4.79 Å². The lowest BCUT2D eigenvalue weighted by Crippen LogP contribution is -2.20. The molecule has 0 fully saturated rings. The Bertz CT molecular complexity index is 854. The van der Waals surface area contributed by atoms with Crippen molar-refractivity contribution in [2.24, 2.45) is 0 Å². The van der Waals surface area contributed by atoms with Crippen LogP contribution in [-0.4, -0.2) is 17.5 Å². The second-order valence-electron chi connectivity index (χ2n) is 5.55. The van der Waals surface area contributed by atoms with Crippen LogP contribution >= 0.6 is 22.6 Å². The molecule has 0 saturated heterocycles. The minimum atomic E-state index is -0.193. The van der Waals surface area contributed by atoms with Crippen molar-refractivity contribution in [1.82, 2.24) is 4.98 Å². The van der Waals surface area contributed by atoms with Crippen LogP contribution in [0.2, 0.25) is 0 Å². The van der Waals surface area contributed by atoms with Gasteiger partial charge in [0.05, 0.1) is 5.69 Å². The van der Waals surface area contributed by atoms with E-state index < -0.39 is 0 Å². The molecule has 0 aliphatic rings. The first-order valence-corrected chi connectivity index (χ1v) is 9.18. The van der Waals surface area contributed by atoms with Crippen LogP contribution in [0.1, 0.15) is 5.56 Å². The van der Waals surface area contributed by atoms with E-state index in [1.54, 1.807) is 12.4 Å². The van der Waals surface area contributed by atoms with Crippen LogP contribution in [0.15, 0.2) is 73.1 Å². The van der Waals surface area contributed by atoms with E-state index in [0.29, 0.717) is 12.3 Å². The summed E-state index contributed by atoms with van der Waals surface area (Å²) < 4.78 is 6.83. The van der Waals surface area contributed by atoms with Crippen molar-refractivity contribution < 1.29 is 9.53 Å². The molecular weight excluding hydrogens is 441 g/mol. The predicted octanol–water partition coefficient (Wildman–Crippen LogP) is 4.32. The van der Waals surface area contributed by atoms with E-state index in [2.05, 4.69) is 38.2 Å². The fourth-order valence-electron chi connectivity index (χ4n) is 2.33. The Morgan fingerprint density at radius 3 is 2.58 bits per heavy atom. The summed E-state index contributed by atoms with van der Waals surface area (Å²) in [5, 5.41) is 6.12. The molecule has 0 saturated carbocycles. The molecule has 26 heavy (non-hydrogen) atoms. The minimum absolute atomic E-state index is 0.0457. The Kier molecular flexibility index (Phi) is 6.43. The van der Waals surface area contributed by atoms with Crippen LogP contribution < -0.4 is 15.4 Å². The molecular formula is C20H18IN3O2. The highest BCUT2D eigenvalue weighted by molar-refractivity contribution is 14.1. The van der Waals surface area contributed by atoms with E-state index in [1.807, 2.05) is 60.7 Å². The molecule has 6 heteroatoms. The van der Waals surface area contributed by atoms with Crippen molar-refractivity contribution in [1.29, 1.82) is 0 Å². The Hall–Kier alpha value is -2.61. The lowest BCUT2D eigenvalue weighted by molar-refractivity contribution is -0.118. The molecule has 132 valence electrons. The summed E-state index contributed by atoms with van der Waals surface area (Å²) in [7, 11) is 0. The number of amides is 1. The number of nitrogens with one attached hydrogen (secondary N) is 2. The van der Waals surface area contributed by atoms with Crippen molar-refractivity contribution in [3.05, 3.63) is 82.2 Å². The zero-order chi connectivity index (χ0) is 18.2. The SMILES string of the molecule is O=C(COc1ccccc1CNc1cccnc1)Nc1ccc(I)cc1. The maximum Gasteiger partial charge on any atom is 0.262 e. The molecule has 0 bridgehead atoms. The van der Waals surface area contributed by atoms with Crippen LogP contribution in [0, 0.1) is 3.57 Å². The van der Waals surface area contributed by atoms with Crippen molar-refractivity contribution in [3.63, 3.8) is 0 Å². The average Bonchev–Trinajstić information content (AvgIpc) is 2.68. The Balaban J connectivity index is 1.56. The van der Waals surface area contributed by atoms with Gasteiger partial charge in [-0.15, -0.1) is 0 Å². The predicted molar refractivity (Wildman–Crippen MR) is 111 cm³/mol. The van der Waals surface area contributed by atoms with Crippen LogP contribution in [0.4, 0.5) is 11.4 Å². The third kappa shape index (κ3) is 5.45. The first-order valence-electron chi connectivity index (χ1n) is 8.11. The van der Waals surface area contributed by atoms with Gasteiger partial charge in [0.15, 0.2) is 6.61 Å². The van der Waals surface area contributed by atoms with Gasteiger partial charge in [-0.05, 0) is 65.1 Å². The number of para-hydroxylation sites is 1. The first-order chi connectivity index (χ1) is 12.7. The third-order valence-corrected chi connectivity index (χ3v) is 4.32. The zero-order valence-electron chi connectivity index (χ0n) is 14.0. The Labute approximate surface area is 165 Å². The highest BCUT2D eigenvalue weighted by Crippen LogP contribution is 2.19. The molecule has 1 heterocycles. The van der Waals surface area contributed by atoms with Crippen LogP contribution in [0.5, 0.6) is 5.75 Å². The van der Waals surface area contributed by atoms with Crippen LogP contribution in [0.25, 0.3) is 0 Å². The molecule has 0 aliphatic heterocycles. The molecule has 3 aromatic rings. The lowest BCUT2D eigenvalue weighted by Gasteiger charge is -2.13. The van der Waals surface area contributed by atoms with Gasteiger partial charge in [0.25, 0.3) is 5.91 Å². The van der Waals surface area contributed by atoms with E-state index in [-0.39, 0.29) is 12.5 Å². The van der Waals surface area contributed by atoms with E-state index >= 15 is 0 Å². The van der Waals surface area contributed by atoms with Crippen molar-refractivity contribution in [2.45, 2.75) is 6.54 Å². The average molecular weight is 459 g/mol. The number of halogens is 1. The lowest BCUT2D eigenvalue weighted by atomic mass is 10.2. The number of aromatic nitrogens is 1. The van der Waals surface area contributed by atoms with Gasteiger partial charge in [-0.3, -0.25) is 9.78 Å². The molecule has 2 aromatic carbocycles. The maximum atomic E-state index is 12.1. The van der Waals surface area contributed by atoms with Crippen LogP contribution in [0.3, 0.4) is 0 Å². The van der Waals surface area contributed by atoms with Gasteiger partial charge in [-0.1, -0.05) is 18.2 Å². The molecule has 5 nitrogen and oxygen atoms in total. The molecule has 0 aliphatic carbocycles. The van der Waals surface area contributed by atoms with Gasteiger partial charge in [0.2, 0.25) is 0 Å². The summed E-state index contributed by atoms with van der Waals surface area (Å²) in [6.45, 7) is 0.538. The molecule has 0 unspecified atom stereocenters. The van der Waals surface area contributed by atoms with E-state index in [4.69, 9.17) is 4.74 Å². The number of ether oxygens (including phenoxy) is 1. The fourth-order valence-corrected chi connectivity index (χ4v) is 2.69. The van der Waals surface area contributed by atoms with E-state index in [1.165, 1.54) is 0 Å². The molecule has 3 rings (SSSR count). The fraction of sp³-hybridized carbons (Fsp3) is 0.100. The maximum absolute atomic E-state index is 12.1. The van der Waals surface area contributed by atoms with Gasteiger partial charge in [-0.25, -0.2) is 0 Å². The summed E-state index contributed by atoms with van der Waals surface area (Å²) in [4.78, 5) is 16.2. The quantitative estimate of drug-likeness (QED) is 0.517. The smallest absolute Gasteiger partial charge is 0.262 e. The summed E-state index contributed by atoms with van der Waals surface area (Å²) in [5.74, 6) is 0.489. The summed E-state index contributed by atoms with van der Waals surface area (Å²) in [6, 6.07) is 19.1. The summed E-state index contributed by atoms with van der Waals surface area (Å²) >= 11 is 2.22. The standard InChI is InChI=1S/C20H18IN3O2/c21-16-7-9-17(10-8-16)24-20(25)14-26-19-6-2-1-4-15(19)12-23-18-5-3-11-22-13-18/h1-11,13,23H,12,14H2,(H,24,25). The minimum Gasteiger partial charge on any atom is -0.483 e. The van der Waals surface area contributed by atoms with Crippen molar-refractivity contribution >= 4 is 39.9 Å². The van der Waals surface area contributed by atoms with E-state index in [0.717, 1.165) is 20.5 Å². The number of pyridine rings is 1. The number of anilines is 2. The van der Waals surface area contributed by atoms with Crippen LogP contribution in [-0.2, 0) is 11.3 Å². The van der Waals surface area contributed by atoms with Gasteiger partial charge >= 0.3 is 0 Å². The Morgan fingerprint density at radius 1 is 1.00 bits per heavy atom. The number of nitrogens with zero attached hydrogens (tertiary/aromatic N) is 1. The van der Waals surface area contributed by atoms with Crippen molar-refractivity contribution in [2.75, 3.05) is 17.2 Å². The highest BCUT2D eigenvalue weighted by Gasteiger charge is 2.07. The normalized spacial score (nSPS) is 10.2. The largest absolute Gasteiger partial charge is 0.483 e.